The Morgan fingerprint density at radius 3 is 2.41 bits per heavy atom. The standard InChI is InChI=1S/C23H25F2NO6/c1-11(2)21-23(24,25)16-8-20(32-13-5-12(6-13)30-3)19(31-4)7-14(16)17-9-18(27)15(22(28)29)10-26(17)21/h7-13,21H,5-6H2,1-4H3,(H,28,29)/t12?,13?,21-/m1/s1. The van der Waals surface area contributed by atoms with E-state index in [9.17, 15) is 14.7 Å². The molecule has 1 saturated carbocycles. The zero-order valence-corrected chi connectivity index (χ0v) is 18.2. The van der Waals surface area contributed by atoms with Crippen LogP contribution >= 0.6 is 0 Å². The minimum Gasteiger partial charge on any atom is -0.493 e. The van der Waals surface area contributed by atoms with Gasteiger partial charge in [-0.3, -0.25) is 4.79 Å². The Labute approximate surface area is 183 Å². The van der Waals surface area contributed by atoms with Crippen LogP contribution in [-0.2, 0) is 10.7 Å². The highest BCUT2D eigenvalue weighted by Crippen LogP contribution is 2.54. The molecule has 0 spiro atoms. The van der Waals surface area contributed by atoms with E-state index in [1.54, 1.807) is 21.0 Å². The number of rotatable bonds is 6. The molecule has 1 aliphatic carbocycles. The van der Waals surface area contributed by atoms with Gasteiger partial charge in [-0.25, -0.2) is 4.79 Å². The van der Waals surface area contributed by atoms with Gasteiger partial charge in [0.25, 0.3) is 5.92 Å². The molecule has 1 aromatic heterocycles. The molecular weight excluding hydrogens is 424 g/mol. The Hall–Kier alpha value is -2.94. The highest BCUT2D eigenvalue weighted by molar-refractivity contribution is 5.88. The normalized spacial score (nSPS) is 23.2. The SMILES string of the molecule is COc1cc2c(cc1OC1CC(OC)C1)C(F)(F)[C@@H](C(C)C)n1cc(C(=O)O)c(=O)cc1-2. The van der Waals surface area contributed by atoms with Crippen LogP contribution in [0.25, 0.3) is 11.3 Å². The van der Waals surface area contributed by atoms with Gasteiger partial charge >= 0.3 is 5.97 Å². The number of aromatic carboxylic acids is 1. The summed E-state index contributed by atoms with van der Waals surface area (Å²) < 4.78 is 49.4. The van der Waals surface area contributed by atoms with Crippen LogP contribution in [-0.4, -0.2) is 42.1 Å². The number of benzene rings is 1. The molecule has 2 aromatic rings. The second-order valence-corrected chi connectivity index (χ2v) is 8.58. The fourth-order valence-corrected chi connectivity index (χ4v) is 4.52. The van der Waals surface area contributed by atoms with Crippen molar-refractivity contribution >= 4 is 5.97 Å². The van der Waals surface area contributed by atoms with E-state index in [1.165, 1.54) is 23.8 Å². The summed E-state index contributed by atoms with van der Waals surface area (Å²) in [5.41, 5.74) is -1.26. The lowest BCUT2D eigenvalue weighted by molar-refractivity contribution is -0.0776. The van der Waals surface area contributed by atoms with Crippen LogP contribution in [0.15, 0.2) is 29.2 Å². The lowest BCUT2D eigenvalue weighted by Crippen LogP contribution is -2.40. The van der Waals surface area contributed by atoms with Crippen molar-refractivity contribution in [2.75, 3.05) is 14.2 Å². The van der Waals surface area contributed by atoms with Gasteiger partial charge in [0.05, 0.1) is 18.9 Å². The minimum atomic E-state index is -3.35. The monoisotopic (exact) mass is 449 g/mol. The number of carboxylic acid groups (broad SMARTS) is 1. The molecule has 4 rings (SSSR count). The molecule has 2 aliphatic rings. The summed E-state index contributed by atoms with van der Waals surface area (Å²) in [6.45, 7) is 3.26. The topological polar surface area (TPSA) is 87.0 Å². The summed E-state index contributed by atoms with van der Waals surface area (Å²) >= 11 is 0. The Bertz CT molecular complexity index is 1120. The van der Waals surface area contributed by atoms with Crippen molar-refractivity contribution in [1.29, 1.82) is 0 Å². The Morgan fingerprint density at radius 2 is 1.84 bits per heavy atom. The van der Waals surface area contributed by atoms with E-state index in [0.29, 0.717) is 12.8 Å². The molecule has 172 valence electrons. The predicted octanol–water partition coefficient (Wildman–Crippen LogP) is 4.08. The molecule has 1 atom stereocenters. The van der Waals surface area contributed by atoms with E-state index in [4.69, 9.17) is 14.2 Å². The van der Waals surface area contributed by atoms with Crippen LogP contribution in [0.2, 0.25) is 0 Å². The summed E-state index contributed by atoms with van der Waals surface area (Å²) in [5.74, 6) is -4.91. The largest absolute Gasteiger partial charge is 0.493 e. The van der Waals surface area contributed by atoms with Crippen LogP contribution in [0.5, 0.6) is 11.5 Å². The number of pyridine rings is 1. The third kappa shape index (κ3) is 3.44. The number of fused-ring (bicyclic) bond motifs is 3. The highest BCUT2D eigenvalue weighted by atomic mass is 19.3. The number of nitrogens with zero attached hydrogens (tertiary/aromatic N) is 1. The maximum absolute atomic E-state index is 15.8. The number of methoxy groups -OCH3 is 2. The second-order valence-electron chi connectivity index (χ2n) is 8.58. The van der Waals surface area contributed by atoms with Gasteiger partial charge in [0.2, 0.25) is 0 Å². The molecule has 1 fully saturated rings. The minimum absolute atomic E-state index is 0.0811. The van der Waals surface area contributed by atoms with Crippen molar-refractivity contribution in [2.45, 2.75) is 50.9 Å². The van der Waals surface area contributed by atoms with Gasteiger partial charge < -0.3 is 23.9 Å². The smallest absolute Gasteiger partial charge is 0.341 e. The molecule has 32 heavy (non-hydrogen) atoms. The first-order chi connectivity index (χ1) is 15.1. The molecule has 7 nitrogen and oxygen atoms in total. The number of halogens is 2. The van der Waals surface area contributed by atoms with E-state index >= 15 is 8.78 Å². The average Bonchev–Trinajstić information content (AvgIpc) is 2.69. The third-order valence-electron chi connectivity index (χ3n) is 6.23. The van der Waals surface area contributed by atoms with Gasteiger partial charge in [0.15, 0.2) is 16.9 Å². The van der Waals surface area contributed by atoms with Crippen molar-refractivity contribution < 1.29 is 32.9 Å². The van der Waals surface area contributed by atoms with Gasteiger partial charge in [0.1, 0.15) is 17.7 Å². The first-order valence-electron chi connectivity index (χ1n) is 10.4. The summed E-state index contributed by atoms with van der Waals surface area (Å²) in [6, 6.07) is 2.42. The number of carbonyl (C=O) groups is 1. The van der Waals surface area contributed by atoms with Gasteiger partial charge in [-0.2, -0.15) is 8.78 Å². The maximum atomic E-state index is 15.8. The van der Waals surface area contributed by atoms with Crippen molar-refractivity contribution in [2.24, 2.45) is 5.92 Å². The van der Waals surface area contributed by atoms with Crippen LogP contribution in [0.4, 0.5) is 8.78 Å². The molecule has 0 bridgehead atoms. The molecule has 0 amide bonds. The first-order valence-corrected chi connectivity index (χ1v) is 10.4. The van der Waals surface area contributed by atoms with E-state index in [1.807, 2.05) is 0 Å². The first kappa shape index (κ1) is 22.3. The van der Waals surface area contributed by atoms with Gasteiger partial charge in [-0.1, -0.05) is 13.8 Å². The van der Waals surface area contributed by atoms with Crippen molar-refractivity contribution in [3.63, 3.8) is 0 Å². The fourth-order valence-electron chi connectivity index (χ4n) is 4.52. The second kappa shape index (κ2) is 7.88. The fraction of sp³-hybridized carbons (Fsp3) is 0.478. The van der Waals surface area contributed by atoms with Crippen molar-refractivity contribution in [1.82, 2.24) is 4.57 Å². The number of ether oxygens (including phenoxy) is 3. The van der Waals surface area contributed by atoms with E-state index in [-0.39, 0.29) is 40.5 Å². The lowest BCUT2D eigenvalue weighted by atomic mass is 9.83. The molecule has 0 saturated heterocycles. The molecule has 9 heteroatoms. The van der Waals surface area contributed by atoms with E-state index in [2.05, 4.69) is 0 Å². The summed E-state index contributed by atoms with van der Waals surface area (Å²) in [6.07, 6.45) is 2.23. The van der Waals surface area contributed by atoms with E-state index < -0.39 is 34.8 Å². The number of alkyl halides is 2. The molecule has 1 N–H and O–H groups in total. The lowest BCUT2D eigenvalue weighted by Gasteiger charge is -2.40. The Balaban J connectivity index is 1.90. The average molecular weight is 449 g/mol. The van der Waals surface area contributed by atoms with Gasteiger partial charge in [0, 0.05) is 43.3 Å². The zero-order valence-electron chi connectivity index (χ0n) is 18.2. The quantitative estimate of drug-likeness (QED) is 0.715. The molecule has 1 aliphatic heterocycles. The highest BCUT2D eigenvalue weighted by Gasteiger charge is 2.50. The Kier molecular flexibility index (Phi) is 5.48. The molecular formula is C23H25F2NO6. The van der Waals surface area contributed by atoms with Crippen molar-refractivity contribution in [3.8, 4) is 22.8 Å². The van der Waals surface area contributed by atoms with Gasteiger partial charge in [-0.05, 0) is 18.1 Å². The maximum Gasteiger partial charge on any atom is 0.341 e. The Morgan fingerprint density at radius 1 is 1.16 bits per heavy atom. The zero-order chi connectivity index (χ0) is 23.4. The molecule has 1 aromatic carbocycles. The molecule has 2 heterocycles. The number of aromatic nitrogens is 1. The number of hydrogen-bond donors (Lipinski definition) is 1. The third-order valence-corrected chi connectivity index (χ3v) is 6.23. The summed E-state index contributed by atoms with van der Waals surface area (Å²) in [7, 11) is 3.02. The number of carboxylic acids is 1. The van der Waals surface area contributed by atoms with Crippen molar-refractivity contribution in [3.05, 3.63) is 45.7 Å². The predicted molar refractivity (Wildman–Crippen MR) is 112 cm³/mol. The molecule has 0 unspecified atom stereocenters. The van der Waals surface area contributed by atoms with Crippen LogP contribution in [0.3, 0.4) is 0 Å². The number of hydrogen-bond acceptors (Lipinski definition) is 5. The summed E-state index contributed by atoms with van der Waals surface area (Å²) in [5, 5.41) is 9.34. The van der Waals surface area contributed by atoms with Crippen LogP contribution in [0.1, 0.15) is 48.7 Å². The van der Waals surface area contributed by atoms with Crippen LogP contribution < -0.4 is 14.9 Å². The van der Waals surface area contributed by atoms with Gasteiger partial charge in [-0.15, -0.1) is 0 Å². The van der Waals surface area contributed by atoms with E-state index in [0.717, 1.165) is 12.3 Å². The van der Waals surface area contributed by atoms with Crippen LogP contribution in [0, 0.1) is 5.92 Å². The molecule has 0 radical (unpaired) electrons. The summed E-state index contributed by atoms with van der Waals surface area (Å²) in [4.78, 5) is 23.9.